The first-order chi connectivity index (χ1) is 11.0. The number of aryl methyl sites for hydroxylation is 3. The fraction of sp³-hybridized carbons (Fsp3) is 0.600. The highest BCUT2D eigenvalue weighted by molar-refractivity contribution is 14.0. The van der Waals surface area contributed by atoms with E-state index in [9.17, 15) is 0 Å². The molecule has 134 valence electrons. The maximum atomic E-state index is 4.50. The third kappa shape index (κ3) is 5.77. The van der Waals surface area contributed by atoms with Crippen LogP contribution in [0, 0.1) is 19.8 Å². The summed E-state index contributed by atoms with van der Waals surface area (Å²) in [6.45, 7) is 8.58. The van der Waals surface area contributed by atoms with Crippen molar-refractivity contribution >= 4 is 29.9 Å². The predicted octanol–water partition coefficient (Wildman–Crippen LogP) is 1.25. The van der Waals surface area contributed by atoms with Crippen molar-refractivity contribution in [2.75, 3.05) is 13.6 Å². The average molecular weight is 446 g/mol. The SMILES string of the molecule is CN=C(NCc1ncnn1C)NCC(C)Cn1nc(C)cc1C.I. The van der Waals surface area contributed by atoms with E-state index in [0.717, 1.165) is 30.6 Å². The summed E-state index contributed by atoms with van der Waals surface area (Å²) in [6.07, 6.45) is 1.55. The molecule has 2 rings (SSSR count). The molecule has 0 aliphatic heterocycles. The van der Waals surface area contributed by atoms with Crippen molar-refractivity contribution in [3.05, 3.63) is 29.6 Å². The van der Waals surface area contributed by atoms with E-state index in [4.69, 9.17) is 0 Å². The third-order valence-corrected chi connectivity index (χ3v) is 3.65. The molecule has 9 heteroatoms. The quantitative estimate of drug-likeness (QED) is 0.397. The molecule has 0 amide bonds. The molecule has 0 saturated heterocycles. The van der Waals surface area contributed by atoms with Gasteiger partial charge in [0.25, 0.3) is 0 Å². The van der Waals surface area contributed by atoms with Crippen LogP contribution < -0.4 is 10.6 Å². The van der Waals surface area contributed by atoms with Crippen LogP contribution >= 0.6 is 24.0 Å². The van der Waals surface area contributed by atoms with E-state index in [-0.39, 0.29) is 24.0 Å². The van der Waals surface area contributed by atoms with E-state index in [1.807, 2.05) is 14.0 Å². The lowest BCUT2D eigenvalue weighted by molar-refractivity contribution is 0.435. The van der Waals surface area contributed by atoms with Gasteiger partial charge in [-0.1, -0.05) is 6.92 Å². The summed E-state index contributed by atoms with van der Waals surface area (Å²) in [5.41, 5.74) is 2.25. The van der Waals surface area contributed by atoms with Gasteiger partial charge in [-0.05, 0) is 25.8 Å². The van der Waals surface area contributed by atoms with Gasteiger partial charge in [0.15, 0.2) is 5.96 Å². The monoisotopic (exact) mass is 446 g/mol. The Morgan fingerprint density at radius 1 is 1.33 bits per heavy atom. The number of guanidine groups is 1. The van der Waals surface area contributed by atoms with Gasteiger partial charge in [0.2, 0.25) is 0 Å². The highest BCUT2D eigenvalue weighted by atomic mass is 127. The number of nitrogens with zero attached hydrogens (tertiary/aromatic N) is 6. The molecule has 1 atom stereocenters. The predicted molar refractivity (Wildman–Crippen MR) is 105 cm³/mol. The number of aromatic nitrogens is 5. The second-order valence-electron chi connectivity index (χ2n) is 5.82. The third-order valence-electron chi connectivity index (χ3n) is 3.65. The van der Waals surface area contributed by atoms with E-state index in [0.29, 0.717) is 12.5 Å². The Labute approximate surface area is 160 Å². The fourth-order valence-corrected chi connectivity index (χ4v) is 2.35. The summed E-state index contributed by atoms with van der Waals surface area (Å²) in [7, 11) is 3.63. The molecule has 0 aliphatic carbocycles. The normalized spacial score (nSPS) is 12.6. The van der Waals surface area contributed by atoms with Crippen molar-refractivity contribution in [2.45, 2.75) is 33.9 Å². The lowest BCUT2D eigenvalue weighted by Gasteiger charge is -2.16. The zero-order valence-corrected chi connectivity index (χ0v) is 17.3. The van der Waals surface area contributed by atoms with Gasteiger partial charge >= 0.3 is 0 Å². The molecule has 0 saturated carbocycles. The van der Waals surface area contributed by atoms with Crippen LogP contribution in [-0.2, 0) is 20.1 Å². The van der Waals surface area contributed by atoms with Gasteiger partial charge in [-0.3, -0.25) is 14.4 Å². The zero-order chi connectivity index (χ0) is 16.8. The summed E-state index contributed by atoms with van der Waals surface area (Å²) < 4.78 is 3.79. The van der Waals surface area contributed by atoms with E-state index in [1.165, 1.54) is 5.69 Å². The van der Waals surface area contributed by atoms with Crippen molar-refractivity contribution < 1.29 is 0 Å². The first-order valence-corrected chi connectivity index (χ1v) is 7.78. The smallest absolute Gasteiger partial charge is 0.191 e. The number of hydrogen-bond acceptors (Lipinski definition) is 4. The molecule has 1 unspecified atom stereocenters. The Hall–Kier alpha value is -1.65. The second-order valence-corrected chi connectivity index (χ2v) is 5.82. The average Bonchev–Trinajstić information content (AvgIpc) is 3.05. The van der Waals surface area contributed by atoms with Crippen LogP contribution in [0.25, 0.3) is 0 Å². The zero-order valence-electron chi connectivity index (χ0n) is 14.9. The molecule has 0 fully saturated rings. The molecule has 2 aromatic heterocycles. The standard InChI is InChI=1S/C15H26N8.HI/c1-11(9-23-13(3)6-12(2)21-23)7-17-15(16-4)18-8-14-19-10-20-22(14)5;/h6,10-11H,7-9H2,1-5H3,(H2,16,17,18);1H. The van der Waals surface area contributed by atoms with Crippen LogP contribution in [0.3, 0.4) is 0 Å². The van der Waals surface area contributed by atoms with Gasteiger partial charge in [-0.2, -0.15) is 10.2 Å². The van der Waals surface area contributed by atoms with Crippen molar-refractivity contribution in [2.24, 2.45) is 18.0 Å². The minimum Gasteiger partial charge on any atom is -0.356 e. The Balaban J connectivity index is 0.00000288. The second kappa shape index (κ2) is 9.60. The van der Waals surface area contributed by atoms with Crippen molar-refractivity contribution in [3.63, 3.8) is 0 Å². The molecular weight excluding hydrogens is 419 g/mol. The van der Waals surface area contributed by atoms with Crippen LogP contribution in [0.15, 0.2) is 17.4 Å². The highest BCUT2D eigenvalue weighted by Gasteiger charge is 2.09. The van der Waals surface area contributed by atoms with Crippen LogP contribution in [0.4, 0.5) is 0 Å². The maximum absolute atomic E-state index is 4.50. The first kappa shape index (κ1) is 20.4. The van der Waals surface area contributed by atoms with Gasteiger partial charge in [-0.25, -0.2) is 4.98 Å². The molecule has 2 aromatic rings. The van der Waals surface area contributed by atoms with Gasteiger partial charge in [0, 0.05) is 32.9 Å². The summed E-state index contributed by atoms with van der Waals surface area (Å²) in [4.78, 5) is 8.41. The van der Waals surface area contributed by atoms with E-state index >= 15 is 0 Å². The van der Waals surface area contributed by atoms with Gasteiger partial charge in [-0.15, -0.1) is 24.0 Å². The molecule has 0 aromatic carbocycles. The van der Waals surface area contributed by atoms with E-state index < -0.39 is 0 Å². The molecule has 2 N–H and O–H groups in total. The largest absolute Gasteiger partial charge is 0.356 e. The Morgan fingerprint density at radius 3 is 2.62 bits per heavy atom. The molecular formula is C15H27IN8. The minimum absolute atomic E-state index is 0. The lowest BCUT2D eigenvalue weighted by atomic mass is 10.2. The number of halogens is 1. The Morgan fingerprint density at radius 2 is 2.08 bits per heavy atom. The number of nitrogens with one attached hydrogen (secondary N) is 2. The first-order valence-electron chi connectivity index (χ1n) is 7.78. The van der Waals surface area contributed by atoms with Crippen molar-refractivity contribution in [3.8, 4) is 0 Å². The Bertz CT molecular complexity index is 660. The summed E-state index contributed by atoms with van der Waals surface area (Å²) in [5, 5.41) is 15.1. The van der Waals surface area contributed by atoms with E-state index in [1.54, 1.807) is 18.1 Å². The van der Waals surface area contributed by atoms with Gasteiger partial charge < -0.3 is 10.6 Å². The van der Waals surface area contributed by atoms with Gasteiger partial charge in [0.05, 0.1) is 12.2 Å². The van der Waals surface area contributed by atoms with Crippen LogP contribution in [0.5, 0.6) is 0 Å². The van der Waals surface area contributed by atoms with Crippen LogP contribution in [0.1, 0.15) is 24.1 Å². The number of aliphatic imine (C=N–C) groups is 1. The van der Waals surface area contributed by atoms with Crippen LogP contribution in [-0.4, -0.2) is 44.1 Å². The minimum atomic E-state index is 0. The summed E-state index contributed by atoms with van der Waals surface area (Å²) in [5.74, 6) is 2.05. The molecule has 8 nitrogen and oxygen atoms in total. The van der Waals surface area contributed by atoms with Crippen LogP contribution in [0.2, 0.25) is 0 Å². The molecule has 2 heterocycles. The number of rotatable bonds is 6. The topological polar surface area (TPSA) is 85.0 Å². The fourth-order valence-electron chi connectivity index (χ4n) is 2.35. The van der Waals surface area contributed by atoms with E-state index in [2.05, 4.69) is 55.4 Å². The highest BCUT2D eigenvalue weighted by Crippen LogP contribution is 2.05. The number of hydrogen-bond donors (Lipinski definition) is 2. The maximum Gasteiger partial charge on any atom is 0.191 e. The Kier molecular flexibility index (Phi) is 8.16. The molecule has 0 radical (unpaired) electrons. The molecule has 0 spiro atoms. The molecule has 0 aliphatic rings. The molecule has 0 bridgehead atoms. The summed E-state index contributed by atoms with van der Waals surface area (Å²) >= 11 is 0. The van der Waals surface area contributed by atoms with Crippen molar-refractivity contribution in [1.82, 2.24) is 35.2 Å². The van der Waals surface area contributed by atoms with Gasteiger partial charge in [0.1, 0.15) is 12.2 Å². The lowest BCUT2D eigenvalue weighted by Crippen LogP contribution is -2.40. The molecule has 24 heavy (non-hydrogen) atoms. The van der Waals surface area contributed by atoms with Crippen molar-refractivity contribution in [1.29, 1.82) is 0 Å². The summed E-state index contributed by atoms with van der Waals surface area (Å²) in [6, 6.07) is 2.10.